The zero-order chi connectivity index (χ0) is 17.0. The Morgan fingerprint density at radius 1 is 1.33 bits per heavy atom. The number of hydrogen-bond donors (Lipinski definition) is 2. The predicted molar refractivity (Wildman–Crippen MR) is 101 cm³/mol. The topological polar surface area (TPSA) is 61.8 Å². The molecule has 7 heteroatoms. The van der Waals surface area contributed by atoms with Gasteiger partial charge in [0.05, 0.1) is 18.2 Å². The molecule has 0 amide bonds. The summed E-state index contributed by atoms with van der Waals surface area (Å²) in [5.41, 5.74) is 0. The number of ether oxygens (including phenoxy) is 1. The third-order valence-electron chi connectivity index (χ3n) is 3.90. The van der Waals surface area contributed by atoms with Crippen LogP contribution in [0.1, 0.15) is 29.7 Å². The van der Waals surface area contributed by atoms with Crippen LogP contribution in [-0.2, 0) is 11.2 Å². The number of hydrogen-bond acceptors (Lipinski definition) is 5. The molecule has 2 N–H and O–H groups in total. The molecule has 0 radical (unpaired) electrons. The van der Waals surface area contributed by atoms with Gasteiger partial charge in [0, 0.05) is 50.2 Å². The summed E-state index contributed by atoms with van der Waals surface area (Å²) >= 11 is 1.77. The second kappa shape index (κ2) is 11.4. The molecule has 0 bridgehead atoms. The molecular formula is C17H31N5OS. The Hall–Kier alpha value is -1.18. The smallest absolute Gasteiger partial charge is 0.191 e. The van der Waals surface area contributed by atoms with Crippen molar-refractivity contribution in [2.45, 2.75) is 33.1 Å². The number of morpholine rings is 1. The molecule has 1 aliphatic heterocycles. The summed E-state index contributed by atoms with van der Waals surface area (Å²) < 4.78 is 5.37. The molecule has 0 atom stereocenters. The van der Waals surface area contributed by atoms with E-state index in [1.54, 1.807) is 11.3 Å². The third-order valence-corrected chi connectivity index (χ3v) is 4.87. The lowest BCUT2D eigenvalue weighted by Gasteiger charge is -2.26. The van der Waals surface area contributed by atoms with Crippen LogP contribution in [0, 0.1) is 6.92 Å². The second-order valence-electron chi connectivity index (χ2n) is 5.96. The Labute approximate surface area is 149 Å². The summed E-state index contributed by atoms with van der Waals surface area (Å²) in [7, 11) is 0. The van der Waals surface area contributed by atoms with Crippen molar-refractivity contribution in [1.82, 2.24) is 20.5 Å². The molecule has 24 heavy (non-hydrogen) atoms. The standard InChI is InChI=1S/C17H31N5OS/c1-3-18-17(20-8-6-16-21-14-15(2)24-16)19-7-4-5-9-22-10-12-23-13-11-22/h14H,3-13H2,1-2H3,(H2,18,19,20). The molecule has 2 rings (SSSR count). The van der Waals surface area contributed by atoms with Crippen LogP contribution >= 0.6 is 11.3 Å². The maximum atomic E-state index is 5.37. The van der Waals surface area contributed by atoms with E-state index >= 15 is 0 Å². The fraction of sp³-hybridized carbons (Fsp3) is 0.765. The molecule has 6 nitrogen and oxygen atoms in total. The number of aryl methyl sites for hydroxylation is 1. The summed E-state index contributed by atoms with van der Waals surface area (Å²) in [5.74, 6) is 0.914. The van der Waals surface area contributed by atoms with E-state index < -0.39 is 0 Å². The van der Waals surface area contributed by atoms with Gasteiger partial charge < -0.3 is 15.4 Å². The maximum Gasteiger partial charge on any atom is 0.191 e. The normalized spacial score (nSPS) is 16.3. The van der Waals surface area contributed by atoms with Crippen LogP contribution in [-0.4, -0.2) is 68.3 Å². The van der Waals surface area contributed by atoms with Crippen molar-refractivity contribution >= 4 is 17.3 Å². The molecule has 2 heterocycles. The Morgan fingerprint density at radius 2 is 2.17 bits per heavy atom. The number of nitrogens with one attached hydrogen (secondary N) is 2. The fourth-order valence-electron chi connectivity index (χ4n) is 2.61. The van der Waals surface area contributed by atoms with Gasteiger partial charge in [-0.3, -0.25) is 9.89 Å². The van der Waals surface area contributed by atoms with Crippen LogP contribution < -0.4 is 10.6 Å². The summed E-state index contributed by atoms with van der Waals surface area (Å²) in [6, 6.07) is 0. The summed E-state index contributed by atoms with van der Waals surface area (Å²) in [6.07, 6.45) is 5.20. The molecule has 0 unspecified atom stereocenters. The highest BCUT2D eigenvalue weighted by Gasteiger charge is 2.08. The third kappa shape index (κ3) is 7.59. The van der Waals surface area contributed by atoms with Crippen LogP contribution in [0.5, 0.6) is 0 Å². The SMILES string of the molecule is CCNC(=NCCCCN1CCOCC1)NCCc1ncc(C)s1. The van der Waals surface area contributed by atoms with Crippen molar-refractivity contribution in [1.29, 1.82) is 0 Å². The largest absolute Gasteiger partial charge is 0.379 e. The van der Waals surface area contributed by atoms with Crippen LogP contribution in [0.25, 0.3) is 0 Å². The van der Waals surface area contributed by atoms with Gasteiger partial charge in [-0.2, -0.15) is 0 Å². The first kappa shape index (κ1) is 19.1. The van der Waals surface area contributed by atoms with Crippen LogP contribution in [0.15, 0.2) is 11.2 Å². The number of unbranched alkanes of at least 4 members (excludes halogenated alkanes) is 1. The number of aliphatic imine (C=N–C) groups is 1. The first-order valence-corrected chi connectivity index (χ1v) is 9.83. The minimum absolute atomic E-state index is 0.868. The molecule has 0 spiro atoms. The zero-order valence-corrected chi connectivity index (χ0v) is 15.8. The van der Waals surface area contributed by atoms with E-state index in [0.717, 1.165) is 71.3 Å². The van der Waals surface area contributed by atoms with Crippen molar-refractivity contribution in [2.75, 3.05) is 52.5 Å². The van der Waals surface area contributed by atoms with E-state index in [4.69, 9.17) is 4.74 Å². The average Bonchev–Trinajstić information content (AvgIpc) is 3.01. The number of thiazole rings is 1. The highest BCUT2D eigenvalue weighted by atomic mass is 32.1. The fourth-order valence-corrected chi connectivity index (χ4v) is 3.40. The van der Waals surface area contributed by atoms with Crippen molar-refractivity contribution in [3.63, 3.8) is 0 Å². The van der Waals surface area contributed by atoms with Crippen molar-refractivity contribution in [3.8, 4) is 0 Å². The maximum absolute atomic E-state index is 5.37. The quantitative estimate of drug-likeness (QED) is 0.402. The Kier molecular flexibility index (Phi) is 9.09. The predicted octanol–water partition coefficient (Wildman–Crippen LogP) is 1.66. The minimum atomic E-state index is 0.868. The van der Waals surface area contributed by atoms with Crippen molar-refractivity contribution in [2.24, 2.45) is 4.99 Å². The van der Waals surface area contributed by atoms with E-state index in [2.05, 4.69) is 39.4 Å². The summed E-state index contributed by atoms with van der Waals surface area (Å²) in [4.78, 5) is 12.8. The van der Waals surface area contributed by atoms with Gasteiger partial charge in [-0.1, -0.05) is 0 Å². The van der Waals surface area contributed by atoms with Gasteiger partial charge in [-0.15, -0.1) is 11.3 Å². The lowest BCUT2D eigenvalue weighted by Crippen LogP contribution is -2.38. The summed E-state index contributed by atoms with van der Waals surface area (Å²) in [6.45, 7) is 11.9. The van der Waals surface area contributed by atoms with E-state index in [1.807, 2.05) is 6.20 Å². The molecule has 1 aromatic rings. The molecule has 0 saturated carbocycles. The van der Waals surface area contributed by atoms with E-state index in [9.17, 15) is 0 Å². The van der Waals surface area contributed by atoms with Crippen LogP contribution in [0.2, 0.25) is 0 Å². The monoisotopic (exact) mass is 353 g/mol. The molecular weight excluding hydrogens is 322 g/mol. The molecule has 0 aliphatic carbocycles. The van der Waals surface area contributed by atoms with Gasteiger partial charge in [-0.05, 0) is 33.2 Å². The number of rotatable bonds is 9. The van der Waals surface area contributed by atoms with Gasteiger partial charge in [0.1, 0.15) is 0 Å². The first-order valence-electron chi connectivity index (χ1n) is 9.01. The van der Waals surface area contributed by atoms with E-state index in [-0.39, 0.29) is 0 Å². The van der Waals surface area contributed by atoms with Crippen molar-refractivity contribution in [3.05, 3.63) is 16.1 Å². The average molecular weight is 354 g/mol. The second-order valence-corrected chi connectivity index (χ2v) is 7.28. The number of guanidine groups is 1. The number of nitrogens with zero attached hydrogens (tertiary/aromatic N) is 3. The molecule has 1 fully saturated rings. The van der Waals surface area contributed by atoms with Gasteiger partial charge in [0.25, 0.3) is 0 Å². The Bertz CT molecular complexity index is 485. The Balaban J connectivity index is 1.60. The van der Waals surface area contributed by atoms with Crippen LogP contribution in [0.4, 0.5) is 0 Å². The van der Waals surface area contributed by atoms with Crippen molar-refractivity contribution < 1.29 is 4.74 Å². The lowest BCUT2D eigenvalue weighted by atomic mass is 10.3. The zero-order valence-electron chi connectivity index (χ0n) is 15.0. The molecule has 1 aromatic heterocycles. The lowest BCUT2D eigenvalue weighted by molar-refractivity contribution is 0.0373. The molecule has 0 aromatic carbocycles. The first-order chi connectivity index (χ1) is 11.8. The summed E-state index contributed by atoms with van der Waals surface area (Å²) in [5, 5.41) is 7.89. The highest BCUT2D eigenvalue weighted by molar-refractivity contribution is 7.11. The minimum Gasteiger partial charge on any atom is -0.379 e. The van der Waals surface area contributed by atoms with Gasteiger partial charge in [0.2, 0.25) is 0 Å². The van der Waals surface area contributed by atoms with Gasteiger partial charge in [-0.25, -0.2) is 4.98 Å². The van der Waals surface area contributed by atoms with Gasteiger partial charge >= 0.3 is 0 Å². The molecule has 136 valence electrons. The number of aromatic nitrogens is 1. The van der Waals surface area contributed by atoms with E-state index in [1.165, 1.54) is 16.3 Å². The van der Waals surface area contributed by atoms with E-state index in [0.29, 0.717) is 0 Å². The molecule has 1 saturated heterocycles. The van der Waals surface area contributed by atoms with Gasteiger partial charge in [0.15, 0.2) is 5.96 Å². The Morgan fingerprint density at radius 3 is 2.88 bits per heavy atom. The molecule has 1 aliphatic rings. The van der Waals surface area contributed by atoms with Crippen LogP contribution in [0.3, 0.4) is 0 Å². The highest BCUT2D eigenvalue weighted by Crippen LogP contribution is 2.10.